The zero-order valence-electron chi connectivity index (χ0n) is 10.2. The Bertz CT molecular complexity index is 463. The summed E-state index contributed by atoms with van der Waals surface area (Å²) < 4.78 is 27.0. The summed E-state index contributed by atoms with van der Waals surface area (Å²) in [4.78, 5) is 12.2. The molecule has 2 saturated carbocycles. The zero-order chi connectivity index (χ0) is 12.7. The summed E-state index contributed by atoms with van der Waals surface area (Å²) in [7, 11) is 0. The van der Waals surface area contributed by atoms with Crippen LogP contribution in [0.3, 0.4) is 0 Å². The lowest BCUT2D eigenvalue weighted by Crippen LogP contribution is -2.23. The predicted molar refractivity (Wildman–Crippen MR) is 64.0 cm³/mol. The molecule has 0 spiro atoms. The van der Waals surface area contributed by atoms with Gasteiger partial charge in [0.05, 0.1) is 0 Å². The van der Waals surface area contributed by atoms with Crippen molar-refractivity contribution in [2.75, 3.05) is 0 Å². The van der Waals surface area contributed by atoms with Gasteiger partial charge in [-0.1, -0.05) is 12.5 Å². The molecule has 0 aromatic heterocycles. The van der Waals surface area contributed by atoms with Crippen LogP contribution in [-0.4, -0.2) is 5.78 Å². The Balaban J connectivity index is 1.75. The molecule has 3 rings (SSSR count). The number of benzene rings is 1. The van der Waals surface area contributed by atoms with E-state index in [0.717, 1.165) is 19.3 Å². The Morgan fingerprint density at radius 1 is 1.17 bits per heavy atom. The van der Waals surface area contributed by atoms with E-state index in [1.54, 1.807) is 0 Å². The Hall–Kier alpha value is -1.25. The molecule has 3 atom stereocenters. The lowest BCUT2D eigenvalue weighted by molar-refractivity contribution is -0.123. The molecule has 3 heteroatoms. The fourth-order valence-electron chi connectivity index (χ4n) is 3.65. The molecule has 0 amide bonds. The smallest absolute Gasteiger partial charge is 0.140 e. The third-order valence-corrected chi connectivity index (χ3v) is 4.56. The number of hydrogen-bond donors (Lipinski definition) is 0. The van der Waals surface area contributed by atoms with Gasteiger partial charge in [-0.25, -0.2) is 8.78 Å². The second-order valence-corrected chi connectivity index (χ2v) is 5.62. The quantitative estimate of drug-likeness (QED) is 0.802. The van der Waals surface area contributed by atoms with Gasteiger partial charge >= 0.3 is 0 Å². The first kappa shape index (κ1) is 11.8. The average molecular weight is 250 g/mol. The van der Waals surface area contributed by atoms with Gasteiger partial charge in [-0.05, 0) is 43.2 Å². The van der Waals surface area contributed by atoms with Gasteiger partial charge in [-0.2, -0.15) is 0 Å². The highest BCUT2D eigenvalue weighted by Crippen LogP contribution is 2.48. The van der Waals surface area contributed by atoms with Crippen LogP contribution in [0.1, 0.15) is 31.2 Å². The SMILES string of the molecule is O=C(Cc1c(F)cccc1F)C1CC2CCC1C2. The minimum absolute atomic E-state index is 0.0196. The molecule has 1 aromatic rings. The van der Waals surface area contributed by atoms with Crippen LogP contribution in [0.5, 0.6) is 0 Å². The lowest BCUT2D eigenvalue weighted by atomic mass is 9.83. The molecule has 0 N–H and O–H groups in total. The molecule has 0 heterocycles. The first-order chi connectivity index (χ1) is 8.65. The van der Waals surface area contributed by atoms with Crippen LogP contribution < -0.4 is 0 Å². The Morgan fingerprint density at radius 2 is 1.89 bits per heavy atom. The number of rotatable bonds is 3. The molecular formula is C15H16F2O. The van der Waals surface area contributed by atoms with E-state index in [1.165, 1.54) is 24.6 Å². The van der Waals surface area contributed by atoms with E-state index in [9.17, 15) is 13.6 Å². The average Bonchev–Trinajstić information content (AvgIpc) is 2.96. The Labute approximate surface area is 105 Å². The van der Waals surface area contributed by atoms with Gasteiger partial charge in [0.15, 0.2) is 0 Å². The molecule has 2 bridgehead atoms. The van der Waals surface area contributed by atoms with Crippen molar-refractivity contribution in [3.05, 3.63) is 35.4 Å². The van der Waals surface area contributed by atoms with Gasteiger partial charge in [0.1, 0.15) is 17.4 Å². The maximum Gasteiger partial charge on any atom is 0.140 e. The van der Waals surface area contributed by atoms with Crippen molar-refractivity contribution in [1.29, 1.82) is 0 Å². The monoisotopic (exact) mass is 250 g/mol. The predicted octanol–water partition coefficient (Wildman–Crippen LogP) is 3.51. The summed E-state index contributed by atoms with van der Waals surface area (Å²) in [5.74, 6) is -0.00118. The highest BCUT2D eigenvalue weighted by molar-refractivity contribution is 5.84. The summed E-state index contributed by atoms with van der Waals surface area (Å²) in [5.41, 5.74) is -0.0646. The van der Waals surface area contributed by atoms with E-state index in [1.807, 2.05) is 0 Å². The van der Waals surface area contributed by atoms with Crippen molar-refractivity contribution >= 4 is 5.78 Å². The molecule has 18 heavy (non-hydrogen) atoms. The van der Waals surface area contributed by atoms with Gasteiger partial charge in [-0.15, -0.1) is 0 Å². The number of Topliss-reactive ketones (excluding diaryl/α,β-unsaturated/α-hetero) is 1. The molecular weight excluding hydrogens is 234 g/mol. The number of carbonyl (C=O) groups is 1. The number of fused-ring (bicyclic) bond motifs is 2. The summed E-state index contributed by atoms with van der Waals surface area (Å²) in [5, 5.41) is 0. The van der Waals surface area contributed by atoms with E-state index in [-0.39, 0.29) is 23.7 Å². The second kappa shape index (κ2) is 4.45. The van der Waals surface area contributed by atoms with Gasteiger partial charge in [0.25, 0.3) is 0 Å². The van der Waals surface area contributed by atoms with Crippen molar-refractivity contribution < 1.29 is 13.6 Å². The van der Waals surface area contributed by atoms with Gasteiger partial charge in [-0.3, -0.25) is 4.79 Å². The maximum atomic E-state index is 13.5. The fourth-order valence-corrected chi connectivity index (χ4v) is 3.65. The number of carbonyl (C=O) groups excluding carboxylic acids is 1. The summed E-state index contributed by atoms with van der Waals surface area (Å²) in [6, 6.07) is 3.76. The van der Waals surface area contributed by atoms with Crippen LogP contribution in [0.4, 0.5) is 8.78 Å². The van der Waals surface area contributed by atoms with E-state index in [2.05, 4.69) is 0 Å². The van der Waals surface area contributed by atoms with E-state index < -0.39 is 11.6 Å². The summed E-state index contributed by atoms with van der Waals surface area (Å²) in [6.07, 6.45) is 4.31. The van der Waals surface area contributed by atoms with Crippen LogP contribution in [0.2, 0.25) is 0 Å². The van der Waals surface area contributed by atoms with E-state index in [4.69, 9.17) is 0 Å². The highest BCUT2D eigenvalue weighted by Gasteiger charge is 2.42. The molecule has 1 nitrogen and oxygen atoms in total. The molecule has 2 aliphatic carbocycles. The first-order valence-electron chi connectivity index (χ1n) is 6.60. The van der Waals surface area contributed by atoms with Crippen LogP contribution in [-0.2, 0) is 11.2 Å². The Morgan fingerprint density at radius 3 is 2.44 bits per heavy atom. The minimum atomic E-state index is -0.605. The van der Waals surface area contributed by atoms with E-state index in [0.29, 0.717) is 11.8 Å². The normalized spacial score (nSPS) is 29.8. The number of hydrogen-bond acceptors (Lipinski definition) is 1. The number of halogens is 2. The van der Waals surface area contributed by atoms with Crippen LogP contribution in [0.25, 0.3) is 0 Å². The van der Waals surface area contributed by atoms with Crippen LogP contribution in [0.15, 0.2) is 18.2 Å². The molecule has 2 aliphatic rings. The number of ketones is 1. The topological polar surface area (TPSA) is 17.1 Å². The van der Waals surface area contributed by atoms with Crippen molar-refractivity contribution in [1.82, 2.24) is 0 Å². The molecule has 0 radical (unpaired) electrons. The highest BCUT2D eigenvalue weighted by atomic mass is 19.1. The largest absolute Gasteiger partial charge is 0.299 e. The standard InChI is InChI=1S/C15H16F2O/c16-13-2-1-3-14(17)12(13)8-15(18)11-7-9-4-5-10(11)6-9/h1-3,9-11H,4-8H2. The van der Waals surface area contributed by atoms with Crippen molar-refractivity contribution in [2.24, 2.45) is 17.8 Å². The molecule has 2 fully saturated rings. The Kier molecular flexibility index (Phi) is 2.92. The summed E-state index contributed by atoms with van der Waals surface area (Å²) >= 11 is 0. The van der Waals surface area contributed by atoms with Crippen molar-refractivity contribution in [3.8, 4) is 0 Å². The molecule has 1 aromatic carbocycles. The van der Waals surface area contributed by atoms with Crippen LogP contribution in [0, 0.1) is 29.4 Å². The molecule has 96 valence electrons. The van der Waals surface area contributed by atoms with Gasteiger partial charge < -0.3 is 0 Å². The zero-order valence-corrected chi connectivity index (χ0v) is 10.2. The molecule has 0 aliphatic heterocycles. The fraction of sp³-hybridized carbons (Fsp3) is 0.533. The van der Waals surface area contributed by atoms with Crippen LogP contribution >= 0.6 is 0 Å². The maximum absolute atomic E-state index is 13.5. The van der Waals surface area contributed by atoms with Crippen molar-refractivity contribution in [3.63, 3.8) is 0 Å². The third kappa shape index (κ3) is 1.96. The summed E-state index contributed by atoms with van der Waals surface area (Å²) in [6.45, 7) is 0. The van der Waals surface area contributed by atoms with Gasteiger partial charge in [0.2, 0.25) is 0 Å². The van der Waals surface area contributed by atoms with Gasteiger partial charge in [0, 0.05) is 17.9 Å². The van der Waals surface area contributed by atoms with E-state index >= 15 is 0 Å². The third-order valence-electron chi connectivity index (χ3n) is 4.56. The first-order valence-corrected chi connectivity index (χ1v) is 6.60. The molecule has 0 saturated heterocycles. The molecule has 3 unspecified atom stereocenters. The lowest BCUT2D eigenvalue weighted by Gasteiger charge is -2.20. The second-order valence-electron chi connectivity index (χ2n) is 5.62. The minimum Gasteiger partial charge on any atom is -0.299 e. The van der Waals surface area contributed by atoms with Crippen molar-refractivity contribution in [2.45, 2.75) is 32.1 Å².